The molecule has 1 amide bonds. The summed E-state index contributed by atoms with van der Waals surface area (Å²) in [6.45, 7) is 1.21. The van der Waals surface area contributed by atoms with Crippen LogP contribution in [0.15, 0.2) is 47.4 Å². The first-order valence-electron chi connectivity index (χ1n) is 7.02. The number of anilines is 1. The van der Waals surface area contributed by atoms with Gasteiger partial charge in [-0.3, -0.25) is 4.79 Å². The van der Waals surface area contributed by atoms with E-state index >= 15 is 0 Å². The Morgan fingerprint density at radius 1 is 1.21 bits per heavy atom. The summed E-state index contributed by atoms with van der Waals surface area (Å²) >= 11 is 0. The van der Waals surface area contributed by atoms with Crippen molar-refractivity contribution in [1.29, 1.82) is 0 Å². The normalized spacial score (nSPS) is 11.1. The predicted octanol–water partition coefficient (Wildman–Crippen LogP) is 2.06. The van der Waals surface area contributed by atoms with E-state index in [1.54, 1.807) is 19.1 Å². The molecule has 0 bridgehead atoms. The van der Waals surface area contributed by atoms with Crippen LogP contribution >= 0.6 is 0 Å². The van der Waals surface area contributed by atoms with Gasteiger partial charge in [0, 0.05) is 0 Å². The highest BCUT2D eigenvalue weighted by molar-refractivity contribution is 7.89. The van der Waals surface area contributed by atoms with Gasteiger partial charge in [-0.2, -0.15) is 0 Å². The van der Waals surface area contributed by atoms with Crippen molar-refractivity contribution in [1.82, 2.24) is 4.72 Å². The van der Waals surface area contributed by atoms with E-state index < -0.39 is 28.3 Å². The lowest BCUT2D eigenvalue weighted by molar-refractivity contribution is -0.115. The molecular weight excluding hydrogens is 335 g/mol. The number of hydrogen-bond acceptors (Lipinski definition) is 4. The average molecular weight is 352 g/mol. The van der Waals surface area contributed by atoms with Gasteiger partial charge in [0.25, 0.3) is 0 Å². The van der Waals surface area contributed by atoms with Crippen molar-refractivity contribution in [2.45, 2.75) is 11.8 Å². The fourth-order valence-corrected chi connectivity index (χ4v) is 3.22. The van der Waals surface area contributed by atoms with Gasteiger partial charge < -0.3 is 10.1 Å². The first kappa shape index (κ1) is 17.9. The third kappa shape index (κ3) is 4.30. The number of hydrogen-bond donors (Lipinski definition) is 2. The van der Waals surface area contributed by atoms with Gasteiger partial charge in [0.1, 0.15) is 16.5 Å². The predicted molar refractivity (Wildman–Crippen MR) is 87.9 cm³/mol. The van der Waals surface area contributed by atoms with Crippen LogP contribution in [0.3, 0.4) is 0 Å². The van der Waals surface area contributed by atoms with Gasteiger partial charge in [0.2, 0.25) is 15.9 Å². The summed E-state index contributed by atoms with van der Waals surface area (Å²) in [7, 11) is -2.60. The molecule has 0 aliphatic heterocycles. The molecule has 0 aliphatic carbocycles. The number of ether oxygens (including phenoxy) is 1. The summed E-state index contributed by atoms with van der Waals surface area (Å²) < 4.78 is 45.4. The molecule has 0 saturated carbocycles. The fourth-order valence-electron chi connectivity index (χ4n) is 1.99. The Balaban J connectivity index is 2.09. The lowest BCUT2D eigenvalue weighted by Gasteiger charge is -2.12. The number of aryl methyl sites for hydroxylation is 1. The standard InChI is InChI=1S/C16H17FN2O4S/c1-11-7-8-14(23-2)15(9-11)24(21,22)18-10-16(20)19-13-6-4-3-5-12(13)17/h3-9,18H,10H2,1-2H3,(H,19,20). The second kappa shape index (κ2) is 7.41. The van der Waals surface area contributed by atoms with Crippen molar-refractivity contribution >= 4 is 21.6 Å². The van der Waals surface area contributed by atoms with Crippen LogP contribution in [0.5, 0.6) is 5.75 Å². The van der Waals surface area contributed by atoms with Crippen molar-refractivity contribution in [3.05, 3.63) is 53.8 Å². The van der Waals surface area contributed by atoms with Crippen LogP contribution < -0.4 is 14.8 Å². The maximum Gasteiger partial charge on any atom is 0.244 e. The van der Waals surface area contributed by atoms with Crippen LogP contribution in [0.2, 0.25) is 0 Å². The minimum absolute atomic E-state index is 0.0187. The lowest BCUT2D eigenvalue weighted by atomic mass is 10.2. The van der Waals surface area contributed by atoms with Crippen molar-refractivity contribution in [2.24, 2.45) is 0 Å². The Hall–Kier alpha value is -2.45. The van der Waals surface area contributed by atoms with Gasteiger partial charge in [-0.05, 0) is 36.8 Å². The lowest BCUT2D eigenvalue weighted by Crippen LogP contribution is -2.33. The van der Waals surface area contributed by atoms with Gasteiger partial charge in [0.05, 0.1) is 19.3 Å². The van der Waals surface area contributed by atoms with Gasteiger partial charge in [0.15, 0.2) is 0 Å². The molecule has 0 radical (unpaired) electrons. The van der Waals surface area contributed by atoms with Crippen molar-refractivity contribution in [3.63, 3.8) is 0 Å². The zero-order valence-electron chi connectivity index (χ0n) is 13.2. The molecule has 0 saturated heterocycles. The van der Waals surface area contributed by atoms with Crippen molar-refractivity contribution < 1.29 is 22.3 Å². The SMILES string of the molecule is COc1ccc(C)cc1S(=O)(=O)NCC(=O)Nc1ccccc1F. The summed E-state index contributed by atoms with van der Waals surface area (Å²) in [6, 6.07) is 10.3. The molecule has 0 unspecified atom stereocenters. The van der Waals surface area contributed by atoms with Gasteiger partial charge in [-0.25, -0.2) is 17.5 Å². The molecule has 0 spiro atoms. The number of rotatable bonds is 6. The number of para-hydroxylation sites is 1. The summed E-state index contributed by atoms with van der Waals surface area (Å²) in [5, 5.41) is 2.30. The minimum Gasteiger partial charge on any atom is -0.495 e. The van der Waals surface area contributed by atoms with E-state index in [4.69, 9.17) is 4.74 Å². The smallest absolute Gasteiger partial charge is 0.244 e. The van der Waals surface area contributed by atoms with E-state index in [0.717, 1.165) is 5.56 Å². The number of benzene rings is 2. The quantitative estimate of drug-likeness (QED) is 0.833. The topological polar surface area (TPSA) is 84.5 Å². The molecule has 2 N–H and O–H groups in total. The molecule has 128 valence electrons. The number of amides is 1. The van der Waals surface area contributed by atoms with E-state index in [2.05, 4.69) is 10.0 Å². The largest absolute Gasteiger partial charge is 0.495 e. The molecule has 0 fully saturated rings. The summed E-state index contributed by atoms with van der Waals surface area (Å²) in [6.07, 6.45) is 0. The third-order valence-corrected chi connectivity index (χ3v) is 4.60. The van der Waals surface area contributed by atoms with E-state index in [-0.39, 0.29) is 16.3 Å². The first-order chi connectivity index (χ1) is 11.3. The molecule has 0 heterocycles. The van der Waals surface area contributed by atoms with E-state index in [9.17, 15) is 17.6 Å². The summed E-state index contributed by atoms with van der Waals surface area (Å²) in [5.41, 5.74) is 0.710. The molecule has 0 aliphatic rings. The van der Waals surface area contributed by atoms with Crippen LogP contribution in [0.25, 0.3) is 0 Å². The number of carbonyl (C=O) groups is 1. The number of nitrogens with one attached hydrogen (secondary N) is 2. The Morgan fingerprint density at radius 3 is 2.58 bits per heavy atom. The third-order valence-electron chi connectivity index (χ3n) is 3.18. The van der Waals surface area contributed by atoms with Crippen molar-refractivity contribution in [3.8, 4) is 5.75 Å². The minimum atomic E-state index is -3.95. The Kier molecular flexibility index (Phi) is 5.53. The van der Waals surface area contributed by atoms with Crippen LogP contribution in [0, 0.1) is 12.7 Å². The molecule has 2 aromatic carbocycles. The maximum atomic E-state index is 13.5. The summed E-state index contributed by atoms with van der Waals surface area (Å²) in [4.78, 5) is 11.8. The molecular formula is C16H17FN2O4S. The molecule has 2 rings (SSSR count). The van der Waals surface area contributed by atoms with Crippen LogP contribution in [-0.2, 0) is 14.8 Å². The van der Waals surface area contributed by atoms with Crippen LogP contribution in [-0.4, -0.2) is 28.0 Å². The van der Waals surface area contributed by atoms with E-state index in [0.29, 0.717) is 0 Å². The molecule has 8 heteroatoms. The van der Waals surface area contributed by atoms with Gasteiger partial charge >= 0.3 is 0 Å². The van der Waals surface area contributed by atoms with E-state index in [1.165, 1.54) is 37.4 Å². The number of halogens is 1. The average Bonchev–Trinajstić information content (AvgIpc) is 2.55. The zero-order valence-corrected chi connectivity index (χ0v) is 14.0. The highest BCUT2D eigenvalue weighted by Gasteiger charge is 2.20. The molecule has 24 heavy (non-hydrogen) atoms. The second-order valence-corrected chi connectivity index (χ2v) is 6.74. The molecule has 2 aromatic rings. The highest BCUT2D eigenvalue weighted by atomic mass is 32.2. The fraction of sp³-hybridized carbons (Fsp3) is 0.188. The number of carbonyl (C=O) groups excluding carboxylic acids is 1. The maximum absolute atomic E-state index is 13.5. The van der Waals surface area contributed by atoms with Crippen LogP contribution in [0.4, 0.5) is 10.1 Å². The van der Waals surface area contributed by atoms with Crippen LogP contribution in [0.1, 0.15) is 5.56 Å². The highest BCUT2D eigenvalue weighted by Crippen LogP contribution is 2.24. The Morgan fingerprint density at radius 2 is 1.92 bits per heavy atom. The number of sulfonamides is 1. The van der Waals surface area contributed by atoms with Gasteiger partial charge in [-0.1, -0.05) is 18.2 Å². The van der Waals surface area contributed by atoms with Gasteiger partial charge in [-0.15, -0.1) is 0 Å². The van der Waals surface area contributed by atoms with E-state index in [1.807, 2.05) is 0 Å². The monoisotopic (exact) mass is 352 g/mol. The van der Waals surface area contributed by atoms with Crippen molar-refractivity contribution in [2.75, 3.05) is 19.0 Å². The Labute approximate surface area is 139 Å². The molecule has 0 atom stereocenters. The zero-order chi connectivity index (χ0) is 17.7. The number of methoxy groups -OCH3 is 1. The Bertz CT molecular complexity index is 853. The first-order valence-corrected chi connectivity index (χ1v) is 8.50. The second-order valence-electron chi connectivity index (χ2n) is 5.01. The molecule has 6 nitrogen and oxygen atoms in total. The molecule has 0 aromatic heterocycles. The summed E-state index contributed by atoms with van der Waals surface area (Å²) in [5.74, 6) is -1.12.